The highest BCUT2D eigenvalue weighted by molar-refractivity contribution is 6.15. The summed E-state index contributed by atoms with van der Waals surface area (Å²) < 4.78 is 0. The number of rotatable bonds is 2. The van der Waals surface area contributed by atoms with Crippen LogP contribution < -0.4 is 0 Å². The zero-order chi connectivity index (χ0) is 16.5. The highest BCUT2D eigenvalue weighted by Gasteiger charge is 2.09. The fourth-order valence-corrected chi connectivity index (χ4v) is 3.25. The lowest BCUT2D eigenvalue weighted by Crippen LogP contribution is -1.90. The van der Waals surface area contributed by atoms with Gasteiger partial charge in [-0.25, -0.2) is 0 Å². The monoisotopic (exact) mass is 310 g/mol. The number of hydrogen-bond donors (Lipinski definition) is 0. The van der Waals surface area contributed by atoms with Crippen molar-refractivity contribution in [3.63, 3.8) is 0 Å². The normalized spacial score (nSPS) is 10.8. The van der Waals surface area contributed by atoms with Gasteiger partial charge in [0.15, 0.2) is 12.6 Å². The van der Waals surface area contributed by atoms with Crippen LogP contribution in [0.15, 0.2) is 72.8 Å². The van der Waals surface area contributed by atoms with Gasteiger partial charge in [-0.15, -0.1) is 0 Å². The predicted molar refractivity (Wildman–Crippen MR) is 98.5 cm³/mol. The SMILES string of the molecule is O=Cc1c2ccc3cc2ccc13.O=Cc1cccc2ccccc12. The highest BCUT2D eigenvalue weighted by Crippen LogP contribution is 2.31. The molecule has 0 saturated heterocycles. The van der Waals surface area contributed by atoms with Crippen molar-refractivity contribution < 1.29 is 9.59 Å². The van der Waals surface area contributed by atoms with Crippen LogP contribution in [0, 0.1) is 0 Å². The fraction of sp³-hybridized carbons (Fsp3) is 0. The molecule has 114 valence electrons. The van der Waals surface area contributed by atoms with Crippen LogP contribution in [0.3, 0.4) is 0 Å². The summed E-state index contributed by atoms with van der Waals surface area (Å²) in [7, 11) is 0. The van der Waals surface area contributed by atoms with Gasteiger partial charge in [0.1, 0.15) is 0 Å². The van der Waals surface area contributed by atoms with E-state index in [4.69, 9.17) is 0 Å². The first kappa shape index (κ1) is 14.3. The topological polar surface area (TPSA) is 34.1 Å². The van der Waals surface area contributed by atoms with Gasteiger partial charge in [-0.3, -0.25) is 9.59 Å². The molecule has 0 fully saturated rings. The summed E-state index contributed by atoms with van der Waals surface area (Å²) in [6.07, 6.45) is 1.84. The maximum Gasteiger partial charge on any atom is 0.151 e. The summed E-state index contributed by atoms with van der Waals surface area (Å²) in [6.45, 7) is 0. The average Bonchev–Trinajstić information content (AvgIpc) is 2.67. The minimum atomic E-state index is 0.758. The van der Waals surface area contributed by atoms with E-state index in [1.807, 2.05) is 54.6 Å². The van der Waals surface area contributed by atoms with Crippen LogP contribution in [-0.2, 0) is 0 Å². The standard InChI is InChI=1S/C11H6O.C11H8O/c12-6-11-9-3-1-7-5-8(9)2-4-10(7)11;12-8-10-6-3-5-9-4-1-2-7-11(9)10/h1-6H;1-8H. The number of carbonyl (C=O) groups is 2. The Balaban J connectivity index is 0.000000121. The molecule has 0 aliphatic rings. The van der Waals surface area contributed by atoms with Crippen molar-refractivity contribution >= 4 is 44.9 Å². The molecule has 7 aromatic rings. The Labute approximate surface area is 139 Å². The van der Waals surface area contributed by atoms with Crippen molar-refractivity contribution in [1.29, 1.82) is 0 Å². The van der Waals surface area contributed by atoms with Crippen LogP contribution >= 0.6 is 0 Å². The lowest BCUT2D eigenvalue weighted by Gasteiger charge is -2.10. The molecule has 4 bridgehead atoms. The molecule has 0 atom stereocenters. The minimum Gasteiger partial charge on any atom is -0.298 e. The molecule has 0 spiro atoms. The molecule has 0 heterocycles. The highest BCUT2D eigenvalue weighted by atomic mass is 16.1. The van der Waals surface area contributed by atoms with Crippen molar-refractivity contribution in [1.82, 2.24) is 0 Å². The van der Waals surface area contributed by atoms with E-state index >= 15 is 0 Å². The third-order valence-electron chi connectivity index (χ3n) is 4.44. The summed E-state index contributed by atoms with van der Waals surface area (Å²) in [5, 5.41) is 6.64. The van der Waals surface area contributed by atoms with Gasteiger partial charge in [0.25, 0.3) is 0 Å². The average molecular weight is 310 g/mol. The van der Waals surface area contributed by atoms with Gasteiger partial charge in [0.2, 0.25) is 0 Å². The van der Waals surface area contributed by atoms with Gasteiger partial charge in [-0.05, 0) is 38.4 Å². The summed E-state index contributed by atoms with van der Waals surface area (Å²) in [6, 6.07) is 23.9. The molecular formula is C22H14O2. The van der Waals surface area contributed by atoms with Crippen LogP contribution in [-0.4, -0.2) is 12.6 Å². The summed E-state index contributed by atoms with van der Waals surface area (Å²) in [4.78, 5) is 21.4. The van der Waals surface area contributed by atoms with Gasteiger partial charge in [-0.1, -0.05) is 66.7 Å². The van der Waals surface area contributed by atoms with Gasteiger partial charge in [0.05, 0.1) is 0 Å². The van der Waals surface area contributed by atoms with Gasteiger partial charge in [-0.2, -0.15) is 0 Å². The minimum absolute atomic E-state index is 0.758. The number of aldehydes is 2. The number of carbonyl (C=O) groups excluding carboxylic acids is 2. The molecule has 0 aliphatic carbocycles. The zero-order valence-electron chi connectivity index (χ0n) is 12.9. The molecule has 0 saturated carbocycles. The Hall–Kier alpha value is -3.26. The molecule has 0 aromatic heterocycles. The van der Waals surface area contributed by atoms with Crippen molar-refractivity contribution in [2.24, 2.45) is 0 Å². The molecule has 2 nitrogen and oxygen atoms in total. The van der Waals surface area contributed by atoms with Crippen LogP contribution in [0.2, 0.25) is 0 Å². The molecule has 0 amide bonds. The quantitative estimate of drug-likeness (QED) is 0.413. The number of benzene rings is 7. The second-order valence-corrected chi connectivity index (χ2v) is 5.77. The first-order chi connectivity index (χ1) is 11.8. The van der Waals surface area contributed by atoms with E-state index in [2.05, 4.69) is 18.2 Å². The molecule has 0 unspecified atom stereocenters. The molecule has 7 rings (SSSR count). The van der Waals surface area contributed by atoms with Crippen molar-refractivity contribution in [3.8, 4) is 0 Å². The molecule has 2 heteroatoms. The van der Waals surface area contributed by atoms with Crippen molar-refractivity contribution in [2.75, 3.05) is 0 Å². The largest absolute Gasteiger partial charge is 0.298 e. The molecule has 0 aliphatic heterocycles. The molecular weight excluding hydrogens is 296 g/mol. The zero-order valence-corrected chi connectivity index (χ0v) is 12.9. The molecule has 24 heavy (non-hydrogen) atoms. The first-order valence-corrected chi connectivity index (χ1v) is 7.77. The van der Waals surface area contributed by atoms with E-state index in [0.717, 1.165) is 45.2 Å². The second kappa shape index (κ2) is 5.74. The predicted octanol–water partition coefficient (Wildman–Crippen LogP) is 5.33. The van der Waals surface area contributed by atoms with Crippen molar-refractivity contribution in [3.05, 3.63) is 83.9 Å². The summed E-state index contributed by atoms with van der Waals surface area (Å²) >= 11 is 0. The summed E-state index contributed by atoms with van der Waals surface area (Å²) in [5.74, 6) is 0. The smallest absolute Gasteiger partial charge is 0.151 e. The Morgan fingerprint density at radius 2 is 1.21 bits per heavy atom. The maximum absolute atomic E-state index is 10.8. The second-order valence-electron chi connectivity index (χ2n) is 5.77. The lowest BCUT2D eigenvalue weighted by atomic mass is 9.93. The number of fused-ring (bicyclic) bond motifs is 3. The van der Waals surface area contributed by atoms with Gasteiger partial charge >= 0.3 is 0 Å². The van der Waals surface area contributed by atoms with Crippen LogP contribution in [0.1, 0.15) is 20.7 Å². The third-order valence-corrected chi connectivity index (χ3v) is 4.44. The van der Waals surface area contributed by atoms with Gasteiger partial charge in [0, 0.05) is 11.1 Å². The van der Waals surface area contributed by atoms with Crippen LogP contribution in [0.5, 0.6) is 0 Å². The molecule has 7 aromatic carbocycles. The maximum atomic E-state index is 10.8. The van der Waals surface area contributed by atoms with E-state index in [-0.39, 0.29) is 0 Å². The van der Waals surface area contributed by atoms with E-state index in [9.17, 15) is 9.59 Å². The van der Waals surface area contributed by atoms with Crippen LogP contribution in [0.4, 0.5) is 0 Å². The Bertz CT molecular complexity index is 1070. The van der Waals surface area contributed by atoms with E-state index < -0.39 is 0 Å². The van der Waals surface area contributed by atoms with Crippen molar-refractivity contribution in [2.45, 2.75) is 0 Å². The first-order valence-electron chi connectivity index (χ1n) is 7.77. The Morgan fingerprint density at radius 3 is 1.83 bits per heavy atom. The lowest BCUT2D eigenvalue weighted by molar-refractivity contribution is 0.111. The van der Waals surface area contributed by atoms with E-state index in [1.54, 1.807) is 0 Å². The van der Waals surface area contributed by atoms with E-state index in [1.165, 1.54) is 10.8 Å². The van der Waals surface area contributed by atoms with Gasteiger partial charge < -0.3 is 0 Å². The van der Waals surface area contributed by atoms with E-state index in [0.29, 0.717) is 0 Å². The van der Waals surface area contributed by atoms with Crippen LogP contribution in [0.25, 0.3) is 32.3 Å². The molecule has 0 N–H and O–H groups in total. The number of hydrogen-bond acceptors (Lipinski definition) is 2. The Morgan fingerprint density at radius 1 is 0.542 bits per heavy atom. The summed E-state index contributed by atoms with van der Waals surface area (Å²) in [5.41, 5.74) is 1.61. The molecule has 0 radical (unpaired) electrons. The third kappa shape index (κ3) is 2.20. The Kier molecular flexibility index (Phi) is 3.43. The fourth-order valence-electron chi connectivity index (χ4n) is 3.25.